The van der Waals surface area contributed by atoms with Crippen LogP contribution >= 0.6 is 0 Å². The summed E-state index contributed by atoms with van der Waals surface area (Å²) < 4.78 is 31.9. The van der Waals surface area contributed by atoms with Gasteiger partial charge in [0.2, 0.25) is 10.0 Å². The molecule has 1 saturated heterocycles. The number of anilines is 1. The lowest BCUT2D eigenvalue weighted by Crippen LogP contribution is -2.35. The normalized spacial score (nSPS) is 15.5. The molecule has 0 atom stereocenters. The number of sulfonamides is 1. The maximum absolute atomic E-state index is 12.8. The van der Waals surface area contributed by atoms with Gasteiger partial charge in [0.15, 0.2) is 0 Å². The number of ether oxygens (including phenoxy) is 1. The summed E-state index contributed by atoms with van der Waals surface area (Å²) in [5.41, 5.74) is 0.392. The monoisotopic (exact) mass is 411 g/mol. The van der Waals surface area contributed by atoms with E-state index in [9.17, 15) is 18.0 Å². The summed E-state index contributed by atoms with van der Waals surface area (Å²) in [7, 11) is -0.759. The number of hydrogen-bond acceptors (Lipinski definition) is 5. The molecule has 28 heavy (non-hydrogen) atoms. The standard InChI is InChI=1S/C19H29N3O5S/c1-13(2)10-22-18(23)11-21(19(22)24)16-8-7-15(28(25,26)20(5)6)9-17(16)27-12-14(3)4/h7-9,13-14H,10-12H2,1-6H3. The van der Waals surface area contributed by atoms with E-state index in [0.29, 0.717) is 18.8 Å². The van der Waals surface area contributed by atoms with Crippen LogP contribution in [0.4, 0.5) is 10.5 Å². The van der Waals surface area contributed by atoms with Crippen LogP contribution in [-0.2, 0) is 14.8 Å². The van der Waals surface area contributed by atoms with Gasteiger partial charge in [0, 0.05) is 26.7 Å². The fourth-order valence-corrected chi connectivity index (χ4v) is 3.65. The molecule has 0 unspecified atom stereocenters. The summed E-state index contributed by atoms with van der Waals surface area (Å²) in [5, 5.41) is 0. The number of rotatable bonds is 8. The van der Waals surface area contributed by atoms with Gasteiger partial charge in [-0.1, -0.05) is 27.7 Å². The largest absolute Gasteiger partial charge is 0.491 e. The molecule has 1 heterocycles. The Morgan fingerprint density at radius 2 is 1.75 bits per heavy atom. The summed E-state index contributed by atoms with van der Waals surface area (Å²) in [6, 6.07) is 3.94. The Hall–Kier alpha value is -2.13. The molecule has 9 heteroatoms. The Balaban J connectivity index is 2.45. The molecule has 2 rings (SSSR count). The second-order valence-corrected chi connectivity index (χ2v) is 10.0. The van der Waals surface area contributed by atoms with Crippen LogP contribution in [0.3, 0.4) is 0 Å². The number of benzene rings is 1. The maximum Gasteiger partial charge on any atom is 0.331 e. The SMILES string of the molecule is CC(C)COc1cc(S(=O)(=O)N(C)C)ccc1N1CC(=O)N(CC(C)C)C1=O. The Bertz CT molecular complexity index is 849. The average Bonchev–Trinajstić information content (AvgIpc) is 2.87. The Morgan fingerprint density at radius 3 is 2.29 bits per heavy atom. The maximum atomic E-state index is 12.8. The fourth-order valence-electron chi connectivity index (χ4n) is 2.73. The smallest absolute Gasteiger partial charge is 0.331 e. The molecule has 0 aromatic heterocycles. The van der Waals surface area contributed by atoms with E-state index in [0.717, 1.165) is 4.31 Å². The van der Waals surface area contributed by atoms with E-state index in [2.05, 4.69) is 0 Å². The van der Waals surface area contributed by atoms with Gasteiger partial charge < -0.3 is 4.74 Å². The highest BCUT2D eigenvalue weighted by molar-refractivity contribution is 7.89. The first kappa shape index (κ1) is 22.2. The minimum Gasteiger partial charge on any atom is -0.491 e. The molecule has 1 aliphatic rings. The molecule has 1 aliphatic heterocycles. The van der Waals surface area contributed by atoms with E-state index < -0.39 is 16.1 Å². The Labute approximate surface area is 167 Å². The van der Waals surface area contributed by atoms with E-state index in [1.807, 2.05) is 27.7 Å². The van der Waals surface area contributed by atoms with Gasteiger partial charge >= 0.3 is 6.03 Å². The number of imide groups is 1. The molecule has 0 spiro atoms. The predicted molar refractivity (Wildman–Crippen MR) is 107 cm³/mol. The van der Waals surface area contributed by atoms with Gasteiger partial charge in [-0.15, -0.1) is 0 Å². The summed E-state index contributed by atoms with van der Waals surface area (Å²) in [4.78, 5) is 27.7. The number of urea groups is 1. The second-order valence-electron chi connectivity index (χ2n) is 7.89. The van der Waals surface area contributed by atoms with E-state index >= 15 is 0 Å². The number of amides is 3. The Morgan fingerprint density at radius 1 is 1.11 bits per heavy atom. The molecule has 1 aromatic carbocycles. The molecular weight excluding hydrogens is 382 g/mol. The second kappa shape index (κ2) is 8.48. The van der Waals surface area contributed by atoms with Crippen molar-refractivity contribution in [3.05, 3.63) is 18.2 Å². The summed E-state index contributed by atoms with van der Waals surface area (Å²) in [6.07, 6.45) is 0. The van der Waals surface area contributed by atoms with Gasteiger partial charge in [-0.2, -0.15) is 0 Å². The first-order chi connectivity index (χ1) is 12.9. The topological polar surface area (TPSA) is 87.2 Å². The van der Waals surface area contributed by atoms with Crippen molar-refractivity contribution in [2.24, 2.45) is 11.8 Å². The molecule has 0 bridgehead atoms. The lowest BCUT2D eigenvalue weighted by atomic mass is 10.2. The van der Waals surface area contributed by atoms with E-state index in [1.165, 1.54) is 42.1 Å². The van der Waals surface area contributed by atoms with Crippen molar-refractivity contribution in [3.63, 3.8) is 0 Å². The van der Waals surface area contributed by atoms with Crippen molar-refractivity contribution in [1.82, 2.24) is 9.21 Å². The van der Waals surface area contributed by atoms with Crippen LogP contribution in [0.15, 0.2) is 23.1 Å². The fraction of sp³-hybridized carbons (Fsp3) is 0.579. The van der Waals surface area contributed by atoms with Crippen LogP contribution in [0.25, 0.3) is 0 Å². The summed E-state index contributed by atoms with van der Waals surface area (Å²) >= 11 is 0. The quantitative estimate of drug-likeness (QED) is 0.613. The van der Waals surface area contributed by atoms with Crippen LogP contribution in [0.1, 0.15) is 27.7 Å². The van der Waals surface area contributed by atoms with Gasteiger partial charge in [-0.3, -0.25) is 14.6 Å². The molecule has 0 N–H and O–H groups in total. The highest BCUT2D eigenvalue weighted by Gasteiger charge is 2.38. The molecule has 1 aromatic rings. The van der Waals surface area contributed by atoms with E-state index in [1.54, 1.807) is 0 Å². The van der Waals surface area contributed by atoms with Crippen LogP contribution in [0, 0.1) is 11.8 Å². The van der Waals surface area contributed by atoms with Crippen LogP contribution in [0.5, 0.6) is 5.75 Å². The van der Waals surface area contributed by atoms with Gasteiger partial charge in [0.25, 0.3) is 5.91 Å². The van der Waals surface area contributed by atoms with E-state index in [-0.39, 0.29) is 34.9 Å². The van der Waals surface area contributed by atoms with Crippen molar-refractivity contribution < 1.29 is 22.7 Å². The summed E-state index contributed by atoms with van der Waals surface area (Å²) in [6.45, 7) is 8.39. The zero-order valence-corrected chi connectivity index (χ0v) is 18.1. The minimum absolute atomic E-state index is 0.0667. The molecular formula is C19H29N3O5S. The van der Waals surface area contributed by atoms with Crippen molar-refractivity contribution in [2.75, 3.05) is 38.7 Å². The number of carbonyl (C=O) groups excluding carboxylic acids is 2. The first-order valence-electron chi connectivity index (χ1n) is 9.26. The molecule has 1 fully saturated rings. The van der Waals surface area contributed by atoms with Crippen LogP contribution in [0.2, 0.25) is 0 Å². The molecule has 8 nitrogen and oxygen atoms in total. The van der Waals surface area contributed by atoms with Gasteiger partial charge in [0.1, 0.15) is 12.3 Å². The highest BCUT2D eigenvalue weighted by Crippen LogP contribution is 2.34. The predicted octanol–water partition coefficient (Wildman–Crippen LogP) is 2.40. The van der Waals surface area contributed by atoms with E-state index in [4.69, 9.17) is 4.74 Å². The molecule has 0 radical (unpaired) electrons. The summed E-state index contributed by atoms with van der Waals surface area (Å²) in [5.74, 6) is 0.343. The van der Waals surface area contributed by atoms with Gasteiger partial charge in [0.05, 0.1) is 17.2 Å². The lowest BCUT2D eigenvalue weighted by Gasteiger charge is -2.22. The molecule has 0 aliphatic carbocycles. The number of carbonyl (C=O) groups is 2. The molecule has 156 valence electrons. The molecule has 0 saturated carbocycles. The average molecular weight is 412 g/mol. The number of nitrogens with zero attached hydrogens (tertiary/aromatic N) is 3. The van der Waals surface area contributed by atoms with Crippen LogP contribution < -0.4 is 9.64 Å². The Kier molecular flexibility index (Phi) is 6.71. The van der Waals surface area contributed by atoms with Crippen molar-refractivity contribution in [1.29, 1.82) is 0 Å². The van der Waals surface area contributed by atoms with Crippen molar-refractivity contribution in [3.8, 4) is 5.75 Å². The van der Waals surface area contributed by atoms with Gasteiger partial charge in [-0.05, 0) is 24.0 Å². The third kappa shape index (κ3) is 4.64. The minimum atomic E-state index is -3.66. The van der Waals surface area contributed by atoms with Gasteiger partial charge in [-0.25, -0.2) is 17.5 Å². The first-order valence-corrected chi connectivity index (χ1v) is 10.7. The lowest BCUT2D eigenvalue weighted by molar-refractivity contribution is -0.125. The third-order valence-electron chi connectivity index (χ3n) is 4.18. The zero-order chi connectivity index (χ0) is 21.2. The van der Waals surface area contributed by atoms with Crippen molar-refractivity contribution >= 4 is 27.6 Å². The zero-order valence-electron chi connectivity index (χ0n) is 17.3. The highest BCUT2D eigenvalue weighted by atomic mass is 32.2. The van der Waals surface area contributed by atoms with Crippen LogP contribution in [-0.4, -0.2) is 63.4 Å². The van der Waals surface area contributed by atoms with Crippen molar-refractivity contribution in [2.45, 2.75) is 32.6 Å². The molecule has 3 amide bonds. The number of hydrogen-bond donors (Lipinski definition) is 0. The third-order valence-corrected chi connectivity index (χ3v) is 5.99.